The van der Waals surface area contributed by atoms with Crippen LogP contribution >= 0.6 is 11.3 Å². The van der Waals surface area contributed by atoms with E-state index in [-0.39, 0.29) is 35.9 Å². The summed E-state index contributed by atoms with van der Waals surface area (Å²) in [5, 5.41) is 27.0. The van der Waals surface area contributed by atoms with Crippen LogP contribution in [-0.2, 0) is 11.2 Å². The lowest BCUT2D eigenvalue weighted by Gasteiger charge is -2.58. The molecule has 1 aromatic heterocycles. The summed E-state index contributed by atoms with van der Waals surface area (Å²) in [6.07, 6.45) is 1.09. The second-order valence-corrected chi connectivity index (χ2v) is 12.4. The van der Waals surface area contributed by atoms with Crippen molar-refractivity contribution in [1.82, 2.24) is 15.2 Å². The first kappa shape index (κ1) is 28.5. The van der Waals surface area contributed by atoms with Crippen molar-refractivity contribution in [1.29, 1.82) is 0 Å². The summed E-state index contributed by atoms with van der Waals surface area (Å²) in [6.45, 7) is 4.94. The van der Waals surface area contributed by atoms with Gasteiger partial charge in [-0.05, 0) is 56.8 Å². The number of halogens is 2. The van der Waals surface area contributed by atoms with Gasteiger partial charge < -0.3 is 20.4 Å². The molecule has 2 aliphatic carbocycles. The van der Waals surface area contributed by atoms with Crippen LogP contribution in [0.4, 0.5) is 13.9 Å². The molecule has 11 heteroatoms. The van der Waals surface area contributed by atoms with E-state index in [0.717, 1.165) is 17.0 Å². The van der Waals surface area contributed by atoms with Gasteiger partial charge in [-0.2, -0.15) is 0 Å². The first-order valence-electron chi connectivity index (χ1n) is 12.9. The number of anilines is 1. The van der Waals surface area contributed by atoms with E-state index in [0.29, 0.717) is 38.0 Å². The van der Waals surface area contributed by atoms with E-state index in [2.05, 4.69) is 22.5 Å². The Balaban J connectivity index is 1.68. The zero-order valence-electron chi connectivity index (χ0n) is 22.2. The van der Waals surface area contributed by atoms with Crippen molar-refractivity contribution in [3.63, 3.8) is 0 Å². The highest BCUT2D eigenvalue weighted by atomic mass is 32.1. The summed E-state index contributed by atoms with van der Waals surface area (Å²) >= 11 is 1.20. The molecule has 1 fully saturated rings. The van der Waals surface area contributed by atoms with Crippen LogP contribution in [0.1, 0.15) is 60.0 Å². The molecule has 0 aliphatic heterocycles. The van der Waals surface area contributed by atoms with Crippen LogP contribution in [0, 0.1) is 28.4 Å². The summed E-state index contributed by atoms with van der Waals surface area (Å²) in [7, 11) is 3.85. The van der Waals surface area contributed by atoms with E-state index in [4.69, 9.17) is 0 Å². The Morgan fingerprint density at radius 3 is 2.55 bits per heavy atom. The number of hydrogen-bond acceptors (Lipinski definition) is 7. The third-order valence-corrected chi connectivity index (χ3v) is 9.58. The smallest absolute Gasteiger partial charge is 0.263 e. The number of aromatic nitrogens is 1. The summed E-state index contributed by atoms with van der Waals surface area (Å²) in [4.78, 5) is 33.3. The molecule has 2 amide bonds. The molecular formula is C27H36F2N4O4S. The molecular weight excluding hydrogens is 514 g/mol. The van der Waals surface area contributed by atoms with Crippen LogP contribution in [0.25, 0.3) is 0 Å². The minimum absolute atomic E-state index is 0.131. The number of amides is 2. The summed E-state index contributed by atoms with van der Waals surface area (Å²) in [5.74, 6) is -3.49. The van der Waals surface area contributed by atoms with Gasteiger partial charge in [-0.1, -0.05) is 19.9 Å². The number of rotatable bonds is 8. The van der Waals surface area contributed by atoms with Gasteiger partial charge in [0.1, 0.15) is 17.2 Å². The van der Waals surface area contributed by atoms with E-state index in [9.17, 15) is 28.6 Å². The molecule has 5 atom stereocenters. The molecule has 208 valence electrons. The summed E-state index contributed by atoms with van der Waals surface area (Å²) < 4.78 is 28.4. The molecule has 1 heterocycles. The van der Waals surface area contributed by atoms with Crippen LogP contribution < -0.4 is 10.6 Å². The van der Waals surface area contributed by atoms with Gasteiger partial charge in [-0.15, -0.1) is 11.3 Å². The molecule has 0 spiro atoms. The second-order valence-electron chi connectivity index (χ2n) is 11.3. The number of nitrogens with zero attached hydrogens (tertiary/aromatic N) is 2. The van der Waals surface area contributed by atoms with Crippen molar-refractivity contribution >= 4 is 28.3 Å². The van der Waals surface area contributed by atoms with Crippen LogP contribution in [0.3, 0.4) is 0 Å². The SMILES string of the molecule is CN(C)CCNC(=O)CC1c2nc(NC(=O)c3c(F)cccc3F)sc2CC2C(C)(CO)C(O)CCC12C. The highest BCUT2D eigenvalue weighted by molar-refractivity contribution is 7.15. The van der Waals surface area contributed by atoms with Gasteiger partial charge in [-0.25, -0.2) is 13.8 Å². The zero-order chi connectivity index (χ0) is 27.8. The number of aliphatic hydroxyl groups excluding tert-OH is 2. The van der Waals surface area contributed by atoms with Crippen LogP contribution in [-0.4, -0.2) is 71.8 Å². The standard InChI is InChI=1S/C27H36F2N4O4S/c1-26-9-8-20(35)27(2,14-34)19(26)13-18-23(15(26)12-21(36)30-10-11-33(3)4)31-25(38-18)32-24(37)22-16(28)6-5-7-17(22)29/h5-7,15,19-20,34-35H,8-14H2,1-4H3,(H,30,36)(H,31,32,37). The van der Waals surface area contributed by atoms with Gasteiger partial charge in [0.05, 0.1) is 18.4 Å². The highest BCUT2D eigenvalue weighted by Gasteiger charge is 2.59. The number of carbonyl (C=O) groups is 2. The molecule has 2 aromatic rings. The zero-order valence-corrected chi connectivity index (χ0v) is 23.0. The molecule has 1 saturated carbocycles. The molecule has 2 aliphatic rings. The van der Waals surface area contributed by atoms with Gasteiger partial charge in [0.25, 0.3) is 5.91 Å². The molecule has 38 heavy (non-hydrogen) atoms. The summed E-state index contributed by atoms with van der Waals surface area (Å²) in [5.41, 5.74) is -1.24. The maximum Gasteiger partial charge on any atom is 0.263 e. The molecule has 1 aromatic carbocycles. The van der Waals surface area contributed by atoms with E-state index in [1.807, 2.05) is 25.9 Å². The van der Waals surface area contributed by atoms with Gasteiger partial charge >= 0.3 is 0 Å². The lowest BCUT2D eigenvalue weighted by atomic mass is 9.47. The monoisotopic (exact) mass is 550 g/mol. The van der Waals surface area contributed by atoms with Crippen molar-refractivity contribution < 1.29 is 28.6 Å². The predicted octanol–water partition coefficient (Wildman–Crippen LogP) is 3.16. The Morgan fingerprint density at radius 1 is 1.24 bits per heavy atom. The number of carbonyl (C=O) groups excluding carboxylic acids is 2. The largest absolute Gasteiger partial charge is 0.396 e. The Hall–Kier alpha value is -2.47. The maximum absolute atomic E-state index is 14.2. The minimum Gasteiger partial charge on any atom is -0.396 e. The van der Waals surface area contributed by atoms with E-state index >= 15 is 0 Å². The Labute approximate surface area is 225 Å². The van der Waals surface area contributed by atoms with Crippen LogP contribution in [0.15, 0.2) is 18.2 Å². The van der Waals surface area contributed by atoms with Crippen molar-refractivity contribution in [3.8, 4) is 0 Å². The third-order valence-electron chi connectivity index (χ3n) is 8.57. The van der Waals surface area contributed by atoms with Crippen LogP contribution in [0.5, 0.6) is 0 Å². The first-order valence-corrected chi connectivity index (χ1v) is 13.7. The van der Waals surface area contributed by atoms with Gasteiger partial charge in [0.2, 0.25) is 5.91 Å². The predicted molar refractivity (Wildman–Crippen MR) is 141 cm³/mol. The van der Waals surface area contributed by atoms with E-state index < -0.39 is 40.0 Å². The van der Waals surface area contributed by atoms with Crippen molar-refractivity contribution in [2.75, 3.05) is 39.1 Å². The van der Waals surface area contributed by atoms with Gasteiger partial charge in [-0.3, -0.25) is 14.9 Å². The molecule has 0 radical (unpaired) electrons. The van der Waals surface area contributed by atoms with Crippen molar-refractivity contribution in [2.24, 2.45) is 16.7 Å². The molecule has 0 saturated heterocycles. The molecule has 8 nitrogen and oxygen atoms in total. The van der Waals surface area contributed by atoms with Gasteiger partial charge in [0.15, 0.2) is 5.13 Å². The highest BCUT2D eigenvalue weighted by Crippen LogP contribution is 2.62. The minimum atomic E-state index is -0.970. The number of hydrogen-bond donors (Lipinski definition) is 4. The van der Waals surface area contributed by atoms with Crippen molar-refractivity contribution in [3.05, 3.63) is 46.0 Å². The second kappa shape index (κ2) is 11.0. The van der Waals surface area contributed by atoms with Crippen LogP contribution in [0.2, 0.25) is 0 Å². The lowest BCUT2D eigenvalue weighted by molar-refractivity contribution is -0.144. The van der Waals surface area contributed by atoms with E-state index in [1.54, 1.807) is 0 Å². The number of aliphatic hydroxyl groups is 2. The molecule has 5 unspecified atom stereocenters. The molecule has 4 N–H and O–H groups in total. The Bertz CT molecular complexity index is 1190. The molecule has 4 rings (SSSR count). The fraction of sp³-hybridized carbons (Fsp3) is 0.593. The Morgan fingerprint density at radius 2 is 1.92 bits per heavy atom. The lowest BCUT2D eigenvalue weighted by Crippen LogP contribution is -2.57. The average Bonchev–Trinajstić information content (AvgIpc) is 3.24. The van der Waals surface area contributed by atoms with E-state index in [1.165, 1.54) is 17.4 Å². The third kappa shape index (κ3) is 5.21. The fourth-order valence-electron chi connectivity index (χ4n) is 6.25. The number of likely N-dealkylation sites (N-methyl/N-ethyl adjacent to an activating group) is 1. The average molecular weight is 551 g/mol. The fourth-order valence-corrected chi connectivity index (χ4v) is 7.31. The Kier molecular flexibility index (Phi) is 8.23. The van der Waals surface area contributed by atoms with Crippen molar-refractivity contribution in [2.45, 2.75) is 51.6 Å². The maximum atomic E-state index is 14.2. The topological polar surface area (TPSA) is 115 Å². The number of benzene rings is 1. The number of thiazole rings is 1. The molecule has 0 bridgehead atoms. The number of fused-ring (bicyclic) bond motifs is 2. The quantitative estimate of drug-likeness (QED) is 0.402. The normalized spacial score (nSPS) is 28.5. The summed E-state index contributed by atoms with van der Waals surface area (Å²) in [6, 6.07) is 3.22. The number of nitrogens with one attached hydrogen (secondary N) is 2. The van der Waals surface area contributed by atoms with Gasteiger partial charge in [0, 0.05) is 35.7 Å². The first-order chi connectivity index (χ1) is 17.9.